The van der Waals surface area contributed by atoms with Crippen LogP contribution in [0.3, 0.4) is 0 Å². The van der Waals surface area contributed by atoms with Crippen molar-refractivity contribution in [3.63, 3.8) is 0 Å². The molecule has 0 N–H and O–H groups in total. The maximum Gasteiger partial charge on any atom is 0.160 e. The summed E-state index contributed by atoms with van der Waals surface area (Å²) in [6.07, 6.45) is 14.6. The second-order valence-corrected chi connectivity index (χ2v) is 11.0. The summed E-state index contributed by atoms with van der Waals surface area (Å²) in [5.74, 6) is 0.698. The highest BCUT2D eigenvalue weighted by molar-refractivity contribution is 5.91. The average molecular weight is 568 g/mol. The van der Waals surface area contributed by atoms with Gasteiger partial charge in [0, 0.05) is 27.9 Å². The zero-order valence-electron chi connectivity index (χ0n) is 24.8. The molecular formula is C41H33N3. The van der Waals surface area contributed by atoms with E-state index in [9.17, 15) is 0 Å². The third-order valence-corrected chi connectivity index (χ3v) is 8.17. The molecule has 0 atom stereocenters. The molecule has 0 saturated carbocycles. The van der Waals surface area contributed by atoms with Crippen molar-refractivity contribution in [2.24, 2.45) is 0 Å². The van der Waals surface area contributed by atoms with Crippen molar-refractivity contribution in [2.45, 2.75) is 19.8 Å². The van der Waals surface area contributed by atoms with Gasteiger partial charge in [-0.15, -0.1) is 0 Å². The molecule has 0 saturated heterocycles. The van der Waals surface area contributed by atoms with Gasteiger partial charge in [0.05, 0.1) is 16.9 Å². The van der Waals surface area contributed by atoms with E-state index in [1.807, 2.05) is 49.4 Å². The quantitative estimate of drug-likeness (QED) is 0.180. The number of nitrogens with zero attached hydrogens (tertiary/aromatic N) is 3. The first-order valence-corrected chi connectivity index (χ1v) is 15.1. The van der Waals surface area contributed by atoms with E-state index >= 15 is 0 Å². The van der Waals surface area contributed by atoms with Crippen molar-refractivity contribution in [3.05, 3.63) is 163 Å². The van der Waals surface area contributed by atoms with E-state index in [1.165, 1.54) is 27.8 Å². The molecule has 7 rings (SSSR count). The fourth-order valence-electron chi connectivity index (χ4n) is 6.12. The van der Waals surface area contributed by atoms with Crippen LogP contribution in [0.2, 0.25) is 0 Å². The van der Waals surface area contributed by atoms with Crippen LogP contribution >= 0.6 is 0 Å². The van der Waals surface area contributed by atoms with Crippen molar-refractivity contribution in [1.82, 2.24) is 14.5 Å². The lowest BCUT2D eigenvalue weighted by molar-refractivity contribution is 0.967. The molecule has 2 heterocycles. The summed E-state index contributed by atoms with van der Waals surface area (Å²) in [4.78, 5) is 9.98. The Morgan fingerprint density at radius 3 is 2.36 bits per heavy atom. The number of benzene rings is 4. The molecule has 0 amide bonds. The Balaban J connectivity index is 1.29. The molecule has 212 valence electrons. The van der Waals surface area contributed by atoms with Crippen molar-refractivity contribution >= 4 is 22.6 Å². The highest BCUT2D eigenvalue weighted by Crippen LogP contribution is 2.35. The molecule has 0 fully saturated rings. The minimum Gasteiger partial charge on any atom is -0.310 e. The third kappa shape index (κ3) is 5.14. The van der Waals surface area contributed by atoms with Gasteiger partial charge in [-0.3, -0.25) is 0 Å². The van der Waals surface area contributed by atoms with Crippen LogP contribution in [0, 0.1) is 0 Å². The summed E-state index contributed by atoms with van der Waals surface area (Å²) in [6, 6.07) is 38.5. The third-order valence-electron chi connectivity index (χ3n) is 8.17. The van der Waals surface area contributed by atoms with Crippen molar-refractivity contribution in [3.8, 4) is 39.5 Å². The van der Waals surface area contributed by atoms with E-state index in [-0.39, 0.29) is 0 Å². The SMILES string of the molecule is C=C/C=C(\C=C/C)c1cc(-c2cccc(-c3ccc(-n4c5c(c6ccccc64)CCC=C5)cc3)c2)nc(-c2ccccc2)n1. The first kappa shape index (κ1) is 27.3. The van der Waals surface area contributed by atoms with Crippen LogP contribution in [0.4, 0.5) is 0 Å². The summed E-state index contributed by atoms with van der Waals surface area (Å²) in [7, 11) is 0. The lowest BCUT2D eigenvalue weighted by Crippen LogP contribution is -2.00. The molecule has 0 bridgehead atoms. The Morgan fingerprint density at radius 2 is 1.55 bits per heavy atom. The highest BCUT2D eigenvalue weighted by atomic mass is 15.0. The number of rotatable bonds is 7. The van der Waals surface area contributed by atoms with E-state index < -0.39 is 0 Å². The summed E-state index contributed by atoms with van der Waals surface area (Å²) >= 11 is 0. The van der Waals surface area contributed by atoms with Gasteiger partial charge in [0.1, 0.15) is 0 Å². The molecule has 0 aliphatic heterocycles. The fraction of sp³-hybridized carbons (Fsp3) is 0.0732. The van der Waals surface area contributed by atoms with Crippen LogP contribution in [-0.2, 0) is 6.42 Å². The van der Waals surface area contributed by atoms with Crippen molar-refractivity contribution in [1.29, 1.82) is 0 Å². The molecule has 0 spiro atoms. The Bertz CT molecular complexity index is 2070. The minimum absolute atomic E-state index is 0.698. The first-order valence-electron chi connectivity index (χ1n) is 15.1. The Kier molecular flexibility index (Phi) is 7.44. The van der Waals surface area contributed by atoms with E-state index in [4.69, 9.17) is 9.97 Å². The Hall–Kier alpha value is -5.54. The van der Waals surface area contributed by atoms with Crippen molar-refractivity contribution in [2.75, 3.05) is 0 Å². The number of allylic oxidation sites excluding steroid dienone is 6. The summed E-state index contributed by atoms with van der Waals surface area (Å²) in [6.45, 7) is 5.92. The zero-order valence-corrected chi connectivity index (χ0v) is 24.8. The lowest BCUT2D eigenvalue weighted by atomic mass is 10.00. The standard InChI is InChI=1S/C41H33N3/c1-3-13-30(14-4-2)37-28-38(43-41(42-37)31-15-6-5-7-16-31)33-18-12-17-32(27-33)29-23-25-34(26-24-29)44-39-21-10-8-19-35(39)36-20-9-11-22-40(36)44/h3-8,10-19,21-28H,1,9,20H2,2H3/b14-4-,30-13+. The van der Waals surface area contributed by atoms with Crippen LogP contribution in [0.5, 0.6) is 0 Å². The summed E-state index contributed by atoms with van der Waals surface area (Å²) in [5, 5.41) is 1.35. The number of aromatic nitrogens is 3. The summed E-state index contributed by atoms with van der Waals surface area (Å²) < 4.78 is 2.40. The molecule has 3 heteroatoms. The topological polar surface area (TPSA) is 30.7 Å². The fourth-order valence-corrected chi connectivity index (χ4v) is 6.12. The van der Waals surface area contributed by atoms with E-state index in [1.54, 1.807) is 6.08 Å². The van der Waals surface area contributed by atoms with Crippen LogP contribution in [0.25, 0.3) is 62.0 Å². The number of fused-ring (bicyclic) bond motifs is 3. The molecular weight excluding hydrogens is 534 g/mol. The second-order valence-electron chi connectivity index (χ2n) is 11.0. The first-order chi connectivity index (χ1) is 21.7. The lowest BCUT2D eigenvalue weighted by Gasteiger charge is -2.13. The molecule has 2 aromatic heterocycles. The largest absolute Gasteiger partial charge is 0.310 e. The van der Waals surface area contributed by atoms with Gasteiger partial charge in [0.2, 0.25) is 0 Å². The molecule has 0 unspecified atom stereocenters. The van der Waals surface area contributed by atoms with E-state index in [0.717, 1.165) is 52.1 Å². The number of para-hydroxylation sites is 1. The van der Waals surface area contributed by atoms with Gasteiger partial charge < -0.3 is 4.57 Å². The molecule has 1 aliphatic carbocycles. The zero-order chi connectivity index (χ0) is 29.9. The highest BCUT2D eigenvalue weighted by Gasteiger charge is 2.18. The maximum atomic E-state index is 5.03. The number of hydrogen-bond acceptors (Lipinski definition) is 2. The average Bonchev–Trinajstić information content (AvgIpc) is 3.43. The van der Waals surface area contributed by atoms with Gasteiger partial charge >= 0.3 is 0 Å². The molecule has 44 heavy (non-hydrogen) atoms. The van der Waals surface area contributed by atoms with Crippen molar-refractivity contribution < 1.29 is 0 Å². The van der Waals surface area contributed by atoms with E-state index in [2.05, 4.69) is 108 Å². The molecule has 1 aliphatic rings. The number of aryl methyl sites for hydroxylation is 1. The van der Waals surface area contributed by atoms with Gasteiger partial charge in [-0.2, -0.15) is 0 Å². The second kappa shape index (κ2) is 12.0. The molecule has 0 radical (unpaired) electrons. The summed E-state index contributed by atoms with van der Waals surface area (Å²) in [5.41, 5.74) is 12.2. The minimum atomic E-state index is 0.698. The predicted octanol–water partition coefficient (Wildman–Crippen LogP) is 10.5. The predicted molar refractivity (Wildman–Crippen MR) is 186 cm³/mol. The molecule has 3 nitrogen and oxygen atoms in total. The van der Waals surface area contributed by atoms with Gasteiger partial charge in [-0.05, 0) is 78.4 Å². The maximum absolute atomic E-state index is 5.03. The van der Waals surface area contributed by atoms with Crippen LogP contribution in [0.15, 0.2) is 146 Å². The Labute approximate surface area is 258 Å². The van der Waals surface area contributed by atoms with Gasteiger partial charge in [0.25, 0.3) is 0 Å². The van der Waals surface area contributed by atoms with Gasteiger partial charge in [0.15, 0.2) is 5.82 Å². The smallest absolute Gasteiger partial charge is 0.160 e. The monoisotopic (exact) mass is 567 g/mol. The van der Waals surface area contributed by atoms with Gasteiger partial charge in [-0.1, -0.05) is 116 Å². The Morgan fingerprint density at radius 1 is 0.773 bits per heavy atom. The van der Waals surface area contributed by atoms with Crippen LogP contribution in [0.1, 0.15) is 30.3 Å². The number of hydrogen-bond donors (Lipinski definition) is 0. The molecule has 6 aromatic rings. The normalized spacial score (nSPS) is 13.0. The van der Waals surface area contributed by atoms with Gasteiger partial charge in [-0.25, -0.2) is 9.97 Å². The van der Waals surface area contributed by atoms with Crippen LogP contribution in [-0.4, -0.2) is 14.5 Å². The van der Waals surface area contributed by atoms with Crippen LogP contribution < -0.4 is 0 Å². The molecule has 4 aromatic carbocycles. The van der Waals surface area contributed by atoms with E-state index in [0.29, 0.717) is 5.82 Å².